The van der Waals surface area contributed by atoms with E-state index < -0.39 is 5.97 Å². The Balaban J connectivity index is 1.84. The number of nitrogens with zero attached hydrogens (tertiary/aromatic N) is 3. The molecule has 0 saturated heterocycles. The second-order valence-electron chi connectivity index (χ2n) is 3.63. The number of esters is 1. The van der Waals surface area contributed by atoms with Gasteiger partial charge in [-0.2, -0.15) is 0 Å². The topological polar surface area (TPSA) is 66.2 Å². The van der Waals surface area contributed by atoms with E-state index in [1.807, 2.05) is 24.3 Å². The molecule has 1 heterocycles. The largest absolute Gasteiger partial charge is 0.492 e. The van der Waals surface area contributed by atoms with Gasteiger partial charge < -0.3 is 9.47 Å². The van der Waals surface area contributed by atoms with Crippen molar-refractivity contribution in [2.24, 2.45) is 0 Å². The van der Waals surface area contributed by atoms with Crippen molar-refractivity contribution in [3.05, 3.63) is 40.9 Å². The molecule has 0 radical (unpaired) electrons. The van der Waals surface area contributed by atoms with Crippen molar-refractivity contribution < 1.29 is 14.3 Å². The number of benzene rings is 1. The molecule has 0 aliphatic rings. The number of halogens is 1. The molecule has 0 saturated carbocycles. The number of carbonyl (C=O) groups excluding carboxylic acids is 1. The summed E-state index contributed by atoms with van der Waals surface area (Å²) in [6, 6.07) is 7.54. The lowest BCUT2D eigenvalue weighted by Crippen LogP contribution is -2.10. The van der Waals surface area contributed by atoms with Gasteiger partial charge >= 0.3 is 5.97 Å². The van der Waals surface area contributed by atoms with E-state index in [4.69, 9.17) is 4.74 Å². The summed E-state index contributed by atoms with van der Waals surface area (Å²) in [6.45, 7) is 0.936. The van der Waals surface area contributed by atoms with Crippen LogP contribution in [0.4, 0.5) is 0 Å². The predicted molar refractivity (Wildman–Crippen MR) is 71.0 cm³/mol. The van der Waals surface area contributed by atoms with Crippen LogP contribution in [0.3, 0.4) is 0 Å². The molecule has 100 valence electrons. The summed E-state index contributed by atoms with van der Waals surface area (Å²) >= 11 is 3.35. The van der Waals surface area contributed by atoms with E-state index in [1.165, 1.54) is 18.1 Å². The van der Waals surface area contributed by atoms with Crippen molar-refractivity contribution in [3.63, 3.8) is 0 Å². The van der Waals surface area contributed by atoms with Crippen molar-refractivity contribution >= 4 is 21.9 Å². The third kappa shape index (κ3) is 3.78. The summed E-state index contributed by atoms with van der Waals surface area (Å²) < 4.78 is 12.6. The zero-order valence-electron chi connectivity index (χ0n) is 10.2. The first kappa shape index (κ1) is 13.5. The SMILES string of the molecule is COC(=O)c1ncn(CCOc2ccc(Br)cc2)n1. The van der Waals surface area contributed by atoms with Crippen LogP contribution in [0.5, 0.6) is 5.75 Å². The Kier molecular flexibility index (Phi) is 4.51. The van der Waals surface area contributed by atoms with Gasteiger partial charge in [0.15, 0.2) is 0 Å². The molecule has 0 amide bonds. The molecule has 0 bridgehead atoms. The molecule has 0 unspecified atom stereocenters. The van der Waals surface area contributed by atoms with E-state index in [0.29, 0.717) is 13.2 Å². The normalized spacial score (nSPS) is 10.2. The molecule has 0 fully saturated rings. The number of carbonyl (C=O) groups is 1. The summed E-state index contributed by atoms with van der Waals surface area (Å²) in [6.07, 6.45) is 1.47. The molecule has 0 atom stereocenters. The second-order valence-corrected chi connectivity index (χ2v) is 4.54. The molecular formula is C12H12BrN3O3. The Bertz CT molecular complexity index is 554. The van der Waals surface area contributed by atoms with Crippen LogP contribution in [0.2, 0.25) is 0 Å². The first-order chi connectivity index (χ1) is 9.19. The molecule has 7 heteroatoms. The molecule has 0 spiro atoms. The third-order valence-electron chi connectivity index (χ3n) is 2.31. The van der Waals surface area contributed by atoms with E-state index >= 15 is 0 Å². The zero-order chi connectivity index (χ0) is 13.7. The van der Waals surface area contributed by atoms with Gasteiger partial charge in [0, 0.05) is 4.47 Å². The minimum Gasteiger partial charge on any atom is -0.492 e. The molecule has 1 aromatic carbocycles. The molecule has 2 rings (SSSR count). The Morgan fingerprint density at radius 1 is 1.37 bits per heavy atom. The van der Waals surface area contributed by atoms with Gasteiger partial charge in [-0.25, -0.2) is 14.5 Å². The van der Waals surface area contributed by atoms with Crippen LogP contribution in [-0.2, 0) is 11.3 Å². The van der Waals surface area contributed by atoms with Crippen molar-refractivity contribution in [2.45, 2.75) is 6.54 Å². The highest BCUT2D eigenvalue weighted by Crippen LogP contribution is 2.15. The maximum atomic E-state index is 11.2. The van der Waals surface area contributed by atoms with E-state index in [9.17, 15) is 4.79 Å². The smallest absolute Gasteiger partial charge is 0.377 e. The number of ether oxygens (including phenoxy) is 2. The fraction of sp³-hybridized carbons (Fsp3) is 0.250. The van der Waals surface area contributed by atoms with Crippen LogP contribution < -0.4 is 4.74 Å². The summed E-state index contributed by atoms with van der Waals surface area (Å²) in [7, 11) is 1.29. The fourth-order valence-corrected chi connectivity index (χ4v) is 1.64. The minimum atomic E-state index is -0.549. The third-order valence-corrected chi connectivity index (χ3v) is 2.84. The van der Waals surface area contributed by atoms with Gasteiger partial charge in [0.05, 0.1) is 13.7 Å². The highest BCUT2D eigenvalue weighted by molar-refractivity contribution is 9.10. The van der Waals surface area contributed by atoms with Gasteiger partial charge in [-0.15, -0.1) is 5.10 Å². The number of rotatable bonds is 5. The Morgan fingerprint density at radius 2 is 2.11 bits per heavy atom. The predicted octanol–water partition coefficient (Wildman–Crippen LogP) is 1.91. The Hall–Kier alpha value is -1.89. The summed E-state index contributed by atoms with van der Waals surface area (Å²) in [5.74, 6) is 0.273. The molecule has 0 aliphatic heterocycles. The average Bonchev–Trinajstić information content (AvgIpc) is 2.89. The minimum absolute atomic E-state index is 0.0474. The second kappa shape index (κ2) is 6.33. The lowest BCUT2D eigenvalue weighted by atomic mass is 10.3. The molecule has 1 aromatic heterocycles. The first-order valence-electron chi connectivity index (χ1n) is 5.55. The molecule has 2 aromatic rings. The molecular weight excluding hydrogens is 314 g/mol. The van der Waals surface area contributed by atoms with Crippen molar-refractivity contribution in [1.29, 1.82) is 0 Å². The maximum absolute atomic E-state index is 11.2. The number of hydrogen-bond donors (Lipinski definition) is 0. The van der Waals surface area contributed by atoms with E-state index in [-0.39, 0.29) is 5.82 Å². The summed E-state index contributed by atoms with van der Waals surface area (Å²) in [5.41, 5.74) is 0. The Morgan fingerprint density at radius 3 is 2.79 bits per heavy atom. The number of hydrogen-bond acceptors (Lipinski definition) is 5. The van der Waals surface area contributed by atoms with Crippen molar-refractivity contribution in [2.75, 3.05) is 13.7 Å². The summed E-state index contributed by atoms with van der Waals surface area (Å²) in [5, 5.41) is 3.97. The molecule has 19 heavy (non-hydrogen) atoms. The van der Waals surface area contributed by atoms with E-state index in [0.717, 1.165) is 10.2 Å². The van der Waals surface area contributed by atoms with Crippen LogP contribution in [-0.4, -0.2) is 34.5 Å². The average molecular weight is 326 g/mol. The lowest BCUT2D eigenvalue weighted by Gasteiger charge is -2.05. The first-order valence-corrected chi connectivity index (χ1v) is 6.34. The number of methoxy groups -OCH3 is 1. The van der Waals surface area contributed by atoms with Gasteiger partial charge in [0.1, 0.15) is 18.7 Å². The molecule has 6 nitrogen and oxygen atoms in total. The van der Waals surface area contributed by atoms with Gasteiger partial charge in [-0.1, -0.05) is 15.9 Å². The monoisotopic (exact) mass is 325 g/mol. The van der Waals surface area contributed by atoms with Crippen LogP contribution in [0.1, 0.15) is 10.6 Å². The van der Waals surface area contributed by atoms with Crippen LogP contribution in [0.15, 0.2) is 35.1 Å². The van der Waals surface area contributed by atoms with Crippen molar-refractivity contribution in [1.82, 2.24) is 14.8 Å². The van der Waals surface area contributed by atoms with Gasteiger partial charge in [0.2, 0.25) is 0 Å². The molecule has 0 aliphatic carbocycles. The fourth-order valence-electron chi connectivity index (χ4n) is 1.38. The van der Waals surface area contributed by atoms with Gasteiger partial charge in [0.25, 0.3) is 5.82 Å². The molecule has 0 N–H and O–H groups in total. The standard InChI is InChI=1S/C12H12BrN3O3/c1-18-12(17)11-14-8-16(15-11)6-7-19-10-4-2-9(13)3-5-10/h2-5,8H,6-7H2,1H3. The lowest BCUT2D eigenvalue weighted by molar-refractivity contribution is 0.0586. The van der Waals surface area contributed by atoms with Crippen LogP contribution in [0, 0.1) is 0 Å². The highest BCUT2D eigenvalue weighted by atomic mass is 79.9. The van der Waals surface area contributed by atoms with E-state index in [2.05, 4.69) is 30.7 Å². The van der Waals surface area contributed by atoms with Gasteiger partial charge in [-0.05, 0) is 24.3 Å². The van der Waals surface area contributed by atoms with Crippen LogP contribution in [0.25, 0.3) is 0 Å². The zero-order valence-corrected chi connectivity index (χ0v) is 11.8. The van der Waals surface area contributed by atoms with Crippen molar-refractivity contribution in [3.8, 4) is 5.75 Å². The maximum Gasteiger partial charge on any atom is 0.377 e. The number of aromatic nitrogens is 3. The summed E-state index contributed by atoms with van der Waals surface area (Å²) in [4.78, 5) is 15.0. The Labute approximate surface area is 118 Å². The highest BCUT2D eigenvalue weighted by Gasteiger charge is 2.10. The van der Waals surface area contributed by atoms with E-state index in [1.54, 1.807) is 0 Å². The van der Waals surface area contributed by atoms with Crippen LogP contribution >= 0.6 is 15.9 Å². The quantitative estimate of drug-likeness (QED) is 0.785. The van der Waals surface area contributed by atoms with Gasteiger partial charge in [-0.3, -0.25) is 0 Å².